The molecule has 1 spiro atoms. The fourth-order valence-electron chi connectivity index (χ4n) is 7.26. The Balaban J connectivity index is 1.55. The van der Waals surface area contributed by atoms with Gasteiger partial charge in [0, 0.05) is 33.9 Å². The van der Waals surface area contributed by atoms with Crippen LogP contribution in [0.15, 0.2) is 91.0 Å². The highest BCUT2D eigenvalue weighted by Gasteiger charge is 2.71. The van der Waals surface area contributed by atoms with Gasteiger partial charge in [0.25, 0.3) is 0 Å². The zero-order valence-corrected chi connectivity index (χ0v) is 23.8. The standard InChI is InChI=1S/C36H28FNO5/c1-20-8-10-21(11-9-20)33(39)32-31(23-12-16-28(42-2)29(19-23)43-3)36(34(40)25-6-4-5-7-26(25)35(36)41)30-17-13-22-18-24(37)14-15-27(22)38(30)32/h4-19,30-32H,1-3H3/t30?,31-,32+/m0/s1. The molecule has 7 rings (SSSR count). The minimum absolute atomic E-state index is 0.246. The fourth-order valence-corrected chi connectivity index (χ4v) is 7.26. The van der Waals surface area contributed by atoms with E-state index in [-0.39, 0.29) is 17.3 Å². The third kappa shape index (κ3) is 3.67. The van der Waals surface area contributed by atoms with E-state index in [1.54, 1.807) is 72.8 Å². The van der Waals surface area contributed by atoms with Crippen molar-refractivity contribution in [3.63, 3.8) is 0 Å². The molecule has 3 atom stereocenters. The average Bonchev–Trinajstić information content (AvgIpc) is 3.46. The van der Waals surface area contributed by atoms with Crippen LogP contribution in [0, 0.1) is 18.2 Å². The topological polar surface area (TPSA) is 72.9 Å². The van der Waals surface area contributed by atoms with E-state index in [4.69, 9.17) is 9.47 Å². The molecule has 4 aromatic rings. The number of carbonyl (C=O) groups excluding carboxylic acids is 3. The van der Waals surface area contributed by atoms with Crippen LogP contribution in [0.5, 0.6) is 11.5 Å². The first kappa shape index (κ1) is 26.8. The summed E-state index contributed by atoms with van der Waals surface area (Å²) in [6.07, 6.45) is 3.52. The van der Waals surface area contributed by atoms with Gasteiger partial charge < -0.3 is 14.4 Å². The van der Waals surface area contributed by atoms with Gasteiger partial charge in [-0.2, -0.15) is 0 Å². The monoisotopic (exact) mass is 573 g/mol. The fraction of sp³-hybridized carbons (Fsp3) is 0.194. The number of ether oxygens (including phenoxy) is 2. The normalized spacial score (nSPS) is 21.0. The van der Waals surface area contributed by atoms with E-state index >= 15 is 0 Å². The molecule has 7 heteroatoms. The van der Waals surface area contributed by atoms with Crippen molar-refractivity contribution >= 4 is 29.1 Å². The van der Waals surface area contributed by atoms with Gasteiger partial charge in [-0.3, -0.25) is 14.4 Å². The van der Waals surface area contributed by atoms with Crippen molar-refractivity contribution in [1.82, 2.24) is 0 Å². The zero-order chi connectivity index (χ0) is 30.0. The molecule has 2 aliphatic heterocycles. The predicted molar refractivity (Wildman–Crippen MR) is 161 cm³/mol. The van der Waals surface area contributed by atoms with Crippen molar-refractivity contribution in [2.24, 2.45) is 5.41 Å². The second kappa shape index (κ2) is 9.76. The van der Waals surface area contributed by atoms with Crippen molar-refractivity contribution in [2.75, 3.05) is 19.1 Å². The van der Waals surface area contributed by atoms with Crippen molar-refractivity contribution in [2.45, 2.75) is 24.9 Å². The van der Waals surface area contributed by atoms with E-state index in [1.165, 1.54) is 26.4 Å². The minimum atomic E-state index is -1.67. The molecule has 43 heavy (non-hydrogen) atoms. The maximum atomic E-state index is 14.8. The molecular weight excluding hydrogens is 545 g/mol. The molecule has 1 saturated heterocycles. The number of methoxy groups -OCH3 is 2. The van der Waals surface area contributed by atoms with Crippen molar-refractivity contribution in [1.29, 1.82) is 0 Å². The third-order valence-electron chi connectivity index (χ3n) is 9.14. The van der Waals surface area contributed by atoms with Gasteiger partial charge in [0.05, 0.1) is 20.3 Å². The van der Waals surface area contributed by atoms with Gasteiger partial charge in [-0.1, -0.05) is 72.3 Å². The van der Waals surface area contributed by atoms with Crippen LogP contribution in [-0.2, 0) is 0 Å². The number of nitrogens with zero attached hydrogens (tertiary/aromatic N) is 1. The van der Waals surface area contributed by atoms with Crippen LogP contribution in [0.4, 0.5) is 10.1 Å². The highest BCUT2D eigenvalue weighted by Crippen LogP contribution is 2.61. The molecule has 6 nitrogen and oxygen atoms in total. The van der Waals surface area contributed by atoms with E-state index < -0.39 is 29.2 Å². The third-order valence-corrected chi connectivity index (χ3v) is 9.14. The lowest BCUT2D eigenvalue weighted by Gasteiger charge is -2.37. The predicted octanol–water partition coefficient (Wildman–Crippen LogP) is 6.47. The molecular formula is C36H28FNO5. The molecule has 0 N–H and O–H groups in total. The molecule has 0 saturated carbocycles. The lowest BCUT2D eigenvalue weighted by atomic mass is 9.64. The summed E-state index contributed by atoms with van der Waals surface area (Å²) in [5.41, 5.74) is 2.17. The Labute approximate surface area is 248 Å². The number of anilines is 1. The molecule has 1 unspecified atom stereocenters. The van der Waals surface area contributed by atoms with Crippen LogP contribution in [0.25, 0.3) is 6.08 Å². The number of Topliss-reactive ketones (excluding diaryl/α,β-unsaturated/α-hetero) is 3. The first-order chi connectivity index (χ1) is 20.8. The molecule has 1 fully saturated rings. The quantitative estimate of drug-likeness (QED) is 0.201. The molecule has 2 heterocycles. The minimum Gasteiger partial charge on any atom is -0.493 e. The van der Waals surface area contributed by atoms with Crippen LogP contribution in [0.3, 0.4) is 0 Å². The summed E-state index contributed by atoms with van der Waals surface area (Å²) in [6, 6.07) is 21.9. The number of ketones is 3. The Morgan fingerprint density at radius 1 is 0.837 bits per heavy atom. The van der Waals surface area contributed by atoms with Crippen molar-refractivity contribution in [3.05, 3.63) is 130 Å². The van der Waals surface area contributed by atoms with Gasteiger partial charge in [-0.25, -0.2) is 4.39 Å². The van der Waals surface area contributed by atoms with E-state index in [2.05, 4.69) is 0 Å². The largest absolute Gasteiger partial charge is 0.493 e. The van der Waals surface area contributed by atoms with Gasteiger partial charge in [0.2, 0.25) is 0 Å². The van der Waals surface area contributed by atoms with E-state index in [1.807, 2.05) is 24.0 Å². The number of carbonyl (C=O) groups is 3. The second-order valence-corrected chi connectivity index (χ2v) is 11.3. The summed E-state index contributed by atoms with van der Waals surface area (Å²) < 4.78 is 25.6. The van der Waals surface area contributed by atoms with Gasteiger partial charge >= 0.3 is 0 Å². The highest BCUT2D eigenvalue weighted by molar-refractivity contribution is 6.32. The SMILES string of the molecule is COc1ccc([C@H]2[C@H](C(=O)c3ccc(C)cc3)N3c4ccc(F)cc4C=CC3C23C(=O)c2ccccc2C3=O)cc1OC. The Morgan fingerprint density at radius 3 is 2.16 bits per heavy atom. The molecule has 0 aromatic heterocycles. The first-order valence-corrected chi connectivity index (χ1v) is 14.1. The molecule has 3 aliphatic rings. The number of benzene rings is 4. The number of rotatable bonds is 5. The van der Waals surface area contributed by atoms with Gasteiger partial charge in [-0.15, -0.1) is 0 Å². The van der Waals surface area contributed by atoms with Crippen LogP contribution in [0.1, 0.15) is 53.7 Å². The summed E-state index contributed by atoms with van der Waals surface area (Å²) in [7, 11) is 3.04. The Morgan fingerprint density at radius 2 is 1.51 bits per heavy atom. The van der Waals surface area contributed by atoms with Crippen molar-refractivity contribution < 1.29 is 28.2 Å². The summed E-state index contributed by atoms with van der Waals surface area (Å²) in [6.45, 7) is 1.94. The van der Waals surface area contributed by atoms with Gasteiger partial charge in [0.15, 0.2) is 28.8 Å². The summed E-state index contributed by atoms with van der Waals surface area (Å²) >= 11 is 0. The van der Waals surface area contributed by atoms with Crippen LogP contribution < -0.4 is 14.4 Å². The van der Waals surface area contributed by atoms with Crippen LogP contribution in [0.2, 0.25) is 0 Å². The van der Waals surface area contributed by atoms with Crippen molar-refractivity contribution in [3.8, 4) is 11.5 Å². The molecule has 1 aliphatic carbocycles. The van der Waals surface area contributed by atoms with E-state index in [0.717, 1.165) is 5.56 Å². The first-order valence-electron chi connectivity index (χ1n) is 14.1. The van der Waals surface area contributed by atoms with Crippen LogP contribution >= 0.6 is 0 Å². The summed E-state index contributed by atoms with van der Waals surface area (Å²) in [5.74, 6) is -1.37. The smallest absolute Gasteiger partial charge is 0.185 e. The second-order valence-electron chi connectivity index (χ2n) is 11.3. The molecule has 0 amide bonds. The maximum absolute atomic E-state index is 14.8. The van der Waals surface area contributed by atoms with Crippen LogP contribution in [-0.4, -0.2) is 43.7 Å². The Bertz CT molecular complexity index is 1830. The molecule has 0 bridgehead atoms. The maximum Gasteiger partial charge on any atom is 0.185 e. The van der Waals surface area contributed by atoms with Gasteiger partial charge in [0.1, 0.15) is 17.3 Å². The molecule has 0 radical (unpaired) electrons. The number of hydrogen-bond donors (Lipinski definition) is 0. The van der Waals surface area contributed by atoms with E-state index in [0.29, 0.717) is 45.0 Å². The molecule has 4 aromatic carbocycles. The number of fused-ring (bicyclic) bond motifs is 5. The number of hydrogen-bond acceptors (Lipinski definition) is 6. The Kier molecular flexibility index (Phi) is 6.09. The molecule has 214 valence electrons. The Hall–Kier alpha value is -5.04. The zero-order valence-electron chi connectivity index (χ0n) is 23.8. The van der Waals surface area contributed by atoms with E-state index in [9.17, 15) is 18.8 Å². The highest BCUT2D eigenvalue weighted by atomic mass is 19.1. The lowest BCUT2D eigenvalue weighted by Crippen LogP contribution is -2.48. The number of halogens is 1. The van der Waals surface area contributed by atoms with Gasteiger partial charge in [-0.05, 0) is 42.8 Å². The average molecular weight is 574 g/mol. The summed E-state index contributed by atoms with van der Waals surface area (Å²) in [4.78, 5) is 46.1. The summed E-state index contributed by atoms with van der Waals surface area (Å²) in [5, 5.41) is 0. The number of aryl methyl sites for hydroxylation is 1. The lowest BCUT2D eigenvalue weighted by molar-refractivity contribution is 0.0665.